The lowest BCUT2D eigenvalue weighted by Gasteiger charge is -2.03. The lowest BCUT2D eigenvalue weighted by atomic mass is 10.1. The van der Waals surface area contributed by atoms with E-state index >= 15 is 0 Å². The van der Waals surface area contributed by atoms with Crippen molar-refractivity contribution in [3.63, 3.8) is 0 Å². The summed E-state index contributed by atoms with van der Waals surface area (Å²) in [6, 6.07) is 10.0. The zero-order chi connectivity index (χ0) is 13.9. The van der Waals surface area contributed by atoms with Gasteiger partial charge in [0.1, 0.15) is 0 Å². The number of unbranched alkanes of at least 4 members (excludes halogenated alkanes) is 3. The van der Waals surface area contributed by atoms with Crippen molar-refractivity contribution in [2.24, 2.45) is 10.2 Å². The lowest BCUT2D eigenvalue weighted by Crippen LogP contribution is -1.96. The van der Waals surface area contributed by atoms with E-state index in [1.807, 2.05) is 37.3 Å². The Morgan fingerprint density at radius 3 is 2.47 bits per heavy atom. The van der Waals surface area contributed by atoms with Gasteiger partial charge in [0.2, 0.25) is 0 Å². The molecule has 0 saturated heterocycles. The second-order valence-corrected chi connectivity index (χ2v) is 5.09. The summed E-state index contributed by atoms with van der Waals surface area (Å²) < 4.78 is 0. The summed E-state index contributed by atoms with van der Waals surface area (Å²) in [5.41, 5.74) is 2.22. The van der Waals surface area contributed by atoms with E-state index in [1.165, 1.54) is 25.0 Å². The first-order valence-corrected chi connectivity index (χ1v) is 7.14. The summed E-state index contributed by atoms with van der Waals surface area (Å²) >= 11 is 0. The minimum absolute atomic E-state index is 0.0265. The Morgan fingerprint density at radius 1 is 1.11 bits per heavy atom. The molecule has 104 valence electrons. The van der Waals surface area contributed by atoms with Crippen molar-refractivity contribution in [2.45, 2.75) is 58.4 Å². The van der Waals surface area contributed by atoms with Gasteiger partial charge in [-0.05, 0) is 45.2 Å². The van der Waals surface area contributed by atoms with Crippen molar-refractivity contribution in [2.75, 3.05) is 0 Å². The first kappa shape index (κ1) is 15.5. The molecule has 1 rings (SSSR count). The highest BCUT2D eigenvalue weighted by atomic mass is 16.3. The fourth-order valence-corrected chi connectivity index (χ4v) is 2.01. The van der Waals surface area contributed by atoms with E-state index in [-0.39, 0.29) is 6.04 Å². The Bertz CT molecular complexity index is 387. The Hall–Kier alpha value is -1.51. The van der Waals surface area contributed by atoms with E-state index < -0.39 is 0 Å². The van der Waals surface area contributed by atoms with E-state index in [1.54, 1.807) is 0 Å². The van der Waals surface area contributed by atoms with Crippen LogP contribution in [0.4, 0.5) is 5.69 Å². The van der Waals surface area contributed by atoms with Crippen molar-refractivity contribution in [3.8, 4) is 0 Å². The molecule has 3 heteroatoms. The highest BCUT2D eigenvalue weighted by molar-refractivity contribution is 5.84. The van der Waals surface area contributed by atoms with Gasteiger partial charge in [-0.2, -0.15) is 4.91 Å². The summed E-state index contributed by atoms with van der Waals surface area (Å²) in [5, 5.41) is 3.01. The molecular formula is C16H24N2O. The van der Waals surface area contributed by atoms with Crippen LogP contribution in [0.1, 0.15) is 52.4 Å². The van der Waals surface area contributed by atoms with E-state index in [0.717, 1.165) is 24.9 Å². The highest BCUT2D eigenvalue weighted by Crippen LogP contribution is 2.13. The van der Waals surface area contributed by atoms with Gasteiger partial charge in [0.25, 0.3) is 0 Å². The third-order valence-corrected chi connectivity index (χ3v) is 3.17. The average Bonchev–Trinajstić information content (AvgIpc) is 2.43. The first-order valence-electron chi connectivity index (χ1n) is 7.14. The SMILES string of the molecule is CC(CCCCCCC(C)N=O)=Nc1ccccc1. The lowest BCUT2D eigenvalue weighted by molar-refractivity contribution is 0.569. The molecule has 0 aliphatic carbocycles. The molecule has 0 N–H and O–H groups in total. The first-order chi connectivity index (χ1) is 9.22. The molecule has 0 spiro atoms. The zero-order valence-corrected chi connectivity index (χ0v) is 12.0. The third-order valence-electron chi connectivity index (χ3n) is 3.17. The molecule has 0 aromatic heterocycles. The Kier molecular flexibility index (Phi) is 7.71. The van der Waals surface area contributed by atoms with Crippen LogP contribution in [-0.2, 0) is 0 Å². The number of rotatable bonds is 9. The maximum absolute atomic E-state index is 10.2. The number of hydrogen-bond acceptors (Lipinski definition) is 3. The summed E-state index contributed by atoms with van der Waals surface area (Å²) in [6.07, 6.45) is 6.62. The van der Waals surface area contributed by atoms with Crippen molar-refractivity contribution in [1.82, 2.24) is 0 Å². The molecule has 1 aromatic rings. The molecule has 0 aliphatic heterocycles. The molecule has 19 heavy (non-hydrogen) atoms. The fraction of sp³-hybridized carbons (Fsp3) is 0.562. The van der Waals surface area contributed by atoms with Crippen LogP contribution in [0.2, 0.25) is 0 Å². The van der Waals surface area contributed by atoms with Gasteiger partial charge < -0.3 is 0 Å². The van der Waals surface area contributed by atoms with Crippen LogP contribution in [0, 0.1) is 4.91 Å². The van der Waals surface area contributed by atoms with Crippen molar-refractivity contribution in [1.29, 1.82) is 0 Å². The standard InChI is InChI=1S/C16H24N2O/c1-14(17-16-12-8-5-9-13-16)10-6-3-4-7-11-15(2)18-19/h5,8-9,12-13,15H,3-4,6-7,10-11H2,1-2H3. The van der Waals surface area contributed by atoms with Crippen LogP contribution in [-0.4, -0.2) is 11.8 Å². The van der Waals surface area contributed by atoms with Crippen molar-refractivity contribution >= 4 is 11.4 Å². The zero-order valence-electron chi connectivity index (χ0n) is 12.0. The largest absolute Gasteiger partial charge is 0.258 e. The summed E-state index contributed by atoms with van der Waals surface area (Å²) in [4.78, 5) is 14.8. The second-order valence-electron chi connectivity index (χ2n) is 5.09. The van der Waals surface area contributed by atoms with E-state index in [4.69, 9.17) is 0 Å². The average molecular weight is 260 g/mol. The van der Waals surface area contributed by atoms with Crippen LogP contribution in [0.3, 0.4) is 0 Å². The van der Waals surface area contributed by atoms with E-state index in [0.29, 0.717) is 0 Å². The Labute approximate surface area is 116 Å². The van der Waals surface area contributed by atoms with E-state index in [2.05, 4.69) is 17.1 Å². The quantitative estimate of drug-likeness (QED) is 0.338. The number of aliphatic imine (C=N–C) groups is 1. The van der Waals surface area contributed by atoms with Gasteiger partial charge in [-0.1, -0.05) is 42.6 Å². The Morgan fingerprint density at radius 2 is 1.79 bits per heavy atom. The van der Waals surface area contributed by atoms with E-state index in [9.17, 15) is 4.91 Å². The molecule has 0 heterocycles. The van der Waals surface area contributed by atoms with Crippen molar-refractivity contribution < 1.29 is 0 Å². The van der Waals surface area contributed by atoms with Crippen molar-refractivity contribution in [3.05, 3.63) is 35.2 Å². The van der Waals surface area contributed by atoms with Gasteiger partial charge in [-0.3, -0.25) is 4.99 Å². The fourth-order valence-electron chi connectivity index (χ4n) is 2.01. The van der Waals surface area contributed by atoms with Crippen LogP contribution in [0.5, 0.6) is 0 Å². The highest BCUT2D eigenvalue weighted by Gasteiger charge is 2.00. The molecule has 0 radical (unpaired) electrons. The number of para-hydroxylation sites is 1. The normalized spacial score (nSPS) is 13.3. The molecule has 1 aromatic carbocycles. The molecular weight excluding hydrogens is 236 g/mol. The molecule has 3 nitrogen and oxygen atoms in total. The van der Waals surface area contributed by atoms with Crippen LogP contribution >= 0.6 is 0 Å². The molecule has 1 unspecified atom stereocenters. The topological polar surface area (TPSA) is 41.8 Å². The molecule has 0 amide bonds. The monoisotopic (exact) mass is 260 g/mol. The molecule has 0 aliphatic rings. The number of nitroso groups, excluding NO2 is 1. The Balaban J connectivity index is 2.12. The van der Waals surface area contributed by atoms with Crippen LogP contribution in [0.15, 0.2) is 40.5 Å². The summed E-state index contributed by atoms with van der Waals surface area (Å²) in [7, 11) is 0. The minimum atomic E-state index is -0.0265. The predicted octanol–water partition coefficient (Wildman–Crippen LogP) is 5.27. The summed E-state index contributed by atoms with van der Waals surface area (Å²) in [5.74, 6) is 0. The number of benzene rings is 1. The maximum atomic E-state index is 10.2. The molecule has 0 saturated carbocycles. The smallest absolute Gasteiger partial charge is 0.0891 e. The summed E-state index contributed by atoms with van der Waals surface area (Å²) in [6.45, 7) is 3.97. The molecule has 0 fully saturated rings. The number of nitrogens with zero attached hydrogens (tertiary/aromatic N) is 2. The van der Waals surface area contributed by atoms with Gasteiger partial charge >= 0.3 is 0 Å². The van der Waals surface area contributed by atoms with Gasteiger partial charge in [0, 0.05) is 5.71 Å². The van der Waals surface area contributed by atoms with Gasteiger partial charge in [0.15, 0.2) is 0 Å². The minimum Gasteiger partial charge on any atom is -0.258 e. The third kappa shape index (κ3) is 7.50. The number of hydrogen-bond donors (Lipinski definition) is 0. The van der Waals surface area contributed by atoms with Crippen LogP contribution < -0.4 is 0 Å². The molecule has 0 bridgehead atoms. The van der Waals surface area contributed by atoms with Crippen LogP contribution in [0.25, 0.3) is 0 Å². The molecule has 1 atom stereocenters. The van der Waals surface area contributed by atoms with Gasteiger partial charge in [-0.15, -0.1) is 0 Å². The predicted molar refractivity (Wildman–Crippen MR) is 82.2 cm³/mol. The van der Waals surface area contributed by atoms with Gasteiger partial charge in [-0.25, -0.2) is 0 Å². The maximum Gasteiger partial charge on any atom is 0.0891 e. The second kappa shape index (κ2) is 9.42. The van der Waals surface area contributed by atoms with Gasteiger partial charge in [0.05, 0.1) is 11.7 Å².